The number of H-pyrrole nitrogens is 1. The maximum atomic E-state index is 12.3. The van der Waals surface area contributed by atoms with Gasteiger partial charge < -0.3 is 9.88 Å². The molecule has 0 atom stereocenters. The number of carbonyl (C=O) groups excluding carboxylic acids is 1. The molecule has 1 aliphatic rings. The highest BCUT2D eigenvalue weighted by Gasteiger charge is 2.16. The molecule has 0 unspecified atom stereocenters. The zero-order valence-corrected chi connectivity index (χ0v) is 15.2. The van der Waals surface area contributed by atoms with Crippen LogP contribution in [0.15, 0.2) is 46.1 Å². The second kappa shape index (κ2) is 7.63. The van der Waals surface area contributed by atoms with Crippen molar-refractivity contribution in [3.05, 3.63) is 63.2 Å². The summed E-state index contributed by atoms with van der Waals surface area (Å²) in [5.74, 6) is 1.43. The summed E-state index contributed by atoms with van der Waals surface area (Å²) in [5.41, 5.74) is 0.356. The maximum absolute atomic E-state index is 12.3. The standard InChI is InChI=1S/C19H20N6O3/c26-16-8-10-24(19(28)21-16)12-17(27)20-14-6-4-5-13(11-14)18-23-22-15-7-2-1-3-9-25(15)18/h4-6,8,10-11H,1-3,7,9,12H2,(H,20,27)(H,21,26,28). The van der Waals surface area contributed by atoms with Crippen LogP contribution in [0.1, 0.15) is 25.1 Å². The number of hydrogen-bond acceptors (Lipinski definition) is 5. The Morgan fingerprint density at radius 3 is 2.89 bits per heavy atom. The Kier molecular flexibility index (Phi) is 4.88. The zero-order chi connectivity index (χ0) is 19.5. The molecule has 0 aliphatic carbocycles. The molecule has 1 amide bonds. The van der Waals surface area contributed by atoms with Crippen molar-refractivity contribution in [2.24, 2.45) is 0 Å². The summed E-state index contributed by atoms with van der Waals surface area (Å²) in [6.07, 6.45) is 5.63. The lowest BCUT2D eigenvalue weighted by Crippen LogP contribution is -2.32. The smallest absolute Gasteiger partial charge is 0.325 e. The molecule has 0 bridgehead atoms. The van der Waals surface area contributed by atoms with Gasteiger partial charge in [-0.3, -0.25) is 19.1 Å². The van der Waals surface area contributed by atoms with Crippen molar-refractivity contribution in [1.29, 1.82) is 0 Å². The Labute approximate surface area is 160 Å². The number of amides is 1. The molecule has 0 radical (unpaired) electrons. The zero-order valence-electron chi connectivity index (χ0n) is 15.2. The molecule has 1 aliphatic heterocycles. The van der Waals surface area contributed by atoms with Crippen LogP contribution in [0.3, 0.4) is 0 Å². The van der Waals surface area contributed by atoms with Gasteiger partial charge in [-0.25, -0.2) is 4.79 Å². The number of fused-ring (bicyclic) bond motifs is 1. The number of aryl methyl sites for hydroxylation is 1. The van der Waals surface area contributed by atoms with Gasteiger partial charge in [0.2, 0.25) is 5.91 Å². The van der Waals surface area contributed by atoms with Crippen molar-refractivity contribution < 1.29 is 4.79 Å². The maximum Gasteiger partial charge on any atom is 0.328 e. The lowest BCUT2D eigenvalue weighted by atomic mass is 10.2. The Morgan fingerprint density at radius 1 is 1.14 bits per heavy atom. The third-order valence-corrected chi connectivity index (χ3v) is 4.72. The largest absolute Gasteiger partial charge is 0.328 e. The van der Waals surface area contributed by atoms with Gasteiger partial charge in [-0.2, -0.15) is 0 Å². The van der Waals surface area contributed by atoms with E-state index in [1.165, 1.54) is 18.7 Å². The van der Waals surface area contributed by atoms with E-state index >= 15 is 0 Å². The van der Waals surface area contributed by atoms with Crippen molar-refractivity contribution in [2.45, 2.75) is 38.8 Å². The first-order valence-corrected chi connectivity index (χ1v) is 9.22. The van der Waals surface area contributed by atoms with Crippen LogP contribution in [-0.2, 0) is 24.3 Å². The molecule has 9 nitrogen and oxygen atoms in total. The molecule has 0 saturated carbocycles. The number of aromatic nitrogens is 5. The molecule has 2 aromatic heterocycles. The summed E-state index contributed by atoms with van der Waals surface area (Å²) in [6.45, 7) is 0.698. The minimum absolute atomic E-state index is 0.194. The minimum Gasteiger partial charge on any atom is -0.325 e. The van der Waals surface area contributed by atoms with E-state index in [0.717, 1.165) is 47.6 Å². The van der Waals surface area contributed by atoms with Gasteiger partial charge >= 0.3 is 5.69 Å². The molecular weight excluding hydrogens is 360 g/mol. The molecule has 9 heteroatoms. The first-order chi connectivity index (χ1) is 13.6. The molecule has 3 heterocycles. The van der Waals surface area contributed by atoms with Crippen molar-refractivity contribution in [3.63, 3.8) is 0 Å². The molecule has 0 saturated heterocycles. The van der Waals surface area contributed by atoms with Crippen LogP contribution in [0.2, 0.25) is 0 Å². The van der Waals surface area contributed by atoms with Gasteiger partial charge in [0.05, 0.1) is 0 Å². The van der Waals surface area contributed by atoms with Crippen LogP contribution in [0, 0.1) is 0 Å². The number of rotatable bonds is 4. The predicted molar refractivity (Wildman–Crippen MR) is 103 cm³/mol. The van der Waals surface area contributed by atoms with Gasteiger partial charge in [0.1, 0.15) is 12.4 Å². The van der Waals surface area contributed by atoms with E-state index in [-0.39, 0.29) is 12.5 Å². The van der Waals surface area contributed by atoms with Gasteiger partial charge in [0.15, 0.2) is 5.82 Å². The normalized spacial score (nSPS) is 13.6. The Morgan fingerprint density at radius 2 is 2.04 bits per heavy atom. The fourth-order valence-corrected chi connectivity index (χ4v) is 3.36. The number of carbonyl (C=O) groups is 1. The monoisotopic (exact) mass is 380 g/mol. The molecule has 144 valence electrons. The van der Waals surface area contributed by atoms with Gasteiger partial charge in [-0.1, -0.05) is 18.6 Å². The predicted octanol–water partition coefficient (Wildman–Crippen LogP) is 1.16. The average molecular weight is 380 g/mol. The summed E-state index contributed by atoms with van der Waals surface area (Å²) >= 11 is 0. The van der Waals surface area contributed by atoms with Crippen molar-refractivity contribution >= 4 is 11.6 Å². The molecule has 0 spiro atoms. The number of benzene rings is 1. The average Bonchev–Trinajstić information content (AvgIpc) is 2.93. The first kappa shape index (κ1) is 17.9. The van der Waals surface area contributed by atoms with Crippen molar-refractivity contribution in [1.82, 2.24) is 24.3 Å². The topological polar surface area (TPSA) is 115 Å². The Balaban J connectivity index is 1.53. The quantitative estimate of drug-likeness (QED) is 0.705. The molecule has 28 heavy (non-hydrogen) atoms. The van der Waals surface area contributed by atoms with E-state index in [1.807, 2.05) is 18.2 Å². The molecule has 3 aromatic rings. The molecule has 4 rings (SSSR count). The Bertz CT molecular complexity index is 1130. The van der Waals surface area contributed by atoms with E-state index in [1.54, 1.807) is 6.07 Å². The fraction of sp³-hybridized carbons (Fsp3) is 0.316. The van der Waals surface area contributed by atoms with Gasteiger partial charge in [0, 0.05) is 36.5 Å². The molecule has 0 fully saturated rings. The molecule has 2 N–H and O–H groups in total. The lowest BCUT2D eigenvalue weighted by Gasteiger charge is -2.10. The fourth-order valence-electron chi connectivity index (χ4n) is 3.36. The summed E-state index contributed by atoms with van der Waals surface area (Å²) in [7, 11) is 0. The first-order valence-electron chi connectivity index (χ1n) is 9.22. The SMILES string of the molecule is O=C(Cn1ccc(=O)[nH]c1=O)Nc1cccc(-c2nnc3n2CCCCC3)c1. The number of nitrogens with one attached hydrogen (secondary N) is 2. The van der Waals surface area contributed by atoms with Crippen LogP contribution in [-0.4, -0.2) is 30.2 Å². The van der Waals surface area contributed by atoms with Crippen LogP contribution >= 0.6 is 0 Å². The third-order valence-electron chi connectivity index (χ3n) is 4.72. The molecular formula is C19H20N6O3. The van der Waals surface area contributed by atoms with E-state index in [9.17, 15) is 14.4 Å². The summed E-state index contributed by atoms with van der Waals surface area (Å²) < 4.78 is 3.28. The summed E-state index contributed by atoms with van der Waals surface area (Å²) in [4.78, 5) is 37.2. The van der Waals surface area contributed by atoms with E-state index in [4.69, 9.17) is 0 Å². The highest BCUT2D eigenvalue weighted by molar-refractivity contribution is 5.91. The van der Waals surface area contributed by atoms with Crippen molar-refractivity contribution in [2.75, 3.05) is 5.32 Å². The van der Waals surface area contributed by atoms with Crippen LogP contribution in [0.25, 0.3) is 11.4 Å². The van der Waals surface area contributed by atoms with Gasteiger partial charge in [0.25, 0.3) is 5.56 Å². The van der Waals surface area contributed by atoms with Crippen molar-refractivity contribution in [3.8, 4) is 11.4 Å². The number of hydrogen-bond donors (Lipinski definition) is 2. The second-order valence-electron chi connectivity index (χ2n) is 6.77. The van der Waals surface area contributed by atoms with Crippen LogP contribution < -0.4 is 16.6 Å². The number of anilines is 1. The Hall–Kier alpha value is -3.49. The highest BCUT2D eigenvalue weighted by atomic mass is 16.2. The van der Waals surface area contributed by atoms with Gasteiger partial charge in [-0.05, 0) is 25.0 Å². The van der Waals surface area contributed by atoms with Crippen LogP contribution in [0.4, 0.5) is 5.69 Å². The second-order valence-corrected chi connectivity index (χ2v) is 6.77. The number of nitrogens with zero attached hydrogens (tertiary/aromatic N) is 4. The van der Waals surface area contributed by atoms with E-state index in [0.29, 0.717) is 5.69 Å². The van der Waals surface area contributed by atoms with Crippen LogP contribution in [0.5, 0.6) is 0 Å². The van der Waals surface area contributed by atoms with E-state index in [2.05, 4.69) is 25.1 Å². The van der Waals surface area contributed by atoms with Gasteiger partial charge in [-0.15, -0.1) is 10.2 Å². The minimum atomic E-state index is -0.623. The van der Waals surface area contributed by atoms with E-state index < -0.39 is 11.2 Å². The molecule has 1 aromatic carbocycles. The summed E-state index contributed by atoms with van der Waals surface area (Å²) in [5, 5.41) is 11.4. The number of aromatic amines is 1. The lowest BCUT2D eigenvalue weighted by molar-refractivity contribution is -0.116. The highest BCUT2D eigenvalue weighted by Crippen LogP contribution is 2.24. The third kappa shape index (κ3) is 3.78. The summed E-state index contributed by atoms with van der Waals surface area (Å²) in [6, 6.07) is 8.60.